The normalized spacial score (nSPS) is 22.9. The topological polar surface area (TPSA) is 176 Å². The molecule has 1 aromatic carbocycles. The number of amides is 4. The number of hydrogen-bond donors (Lipinski definition) is 4. The summed E-state index contributed by atoms with van der Waals surface area (Å²) in [5.74, 6) is -2.51. The monoisotopic (exact) mass is 669 g/mol. The van der Waals surface area contributed by atoms with Gasteiger partial charge >= 0.3 is 12.1 Å². The molecule has 1 aromatic heterocycles. The average molecular weight is 670 g/mol. The zero-order valence-corrected chi connectivity index (χ0v) is 28.3. The Kier molecular flexibility index (Phi) is 10.4. The van der Waals surface area contributed by atoms with Crippen molar-refractivity contribution >= 4 is 52.4 Å². The summed E-state index contributed by atoms with van der Waals surface area (Å²) in [7, 11) is 0. The molecule has 0 spiro atoms. The SMILES string of the molecule is C=C[C@H]1CC1(NC(=O)[C@@H]1C[C@@H](Oc2ccnc3ccccc23)CN1C(=O)[C@@H](NC(=O)OC(C)(C)C)C(C)(C)SCNC(C)=O)C(=O)O. The molecule has 4 N–H and O–H groups in total. The summed E-state index contributed by atoms with van der Waals surface area (Å²) in [6.07, 6.45) is 1.83. The van der Waals surface area contributed by atoms with Crippen LogP contribution in [0.4, 0.5) is 4.79 Å². The quantitative estimate of drug-likeness (QED) is 0.194. The molecular weight excluding hydrogens is 626 g/mol. The first-order valence-corrected chi connectivity index (χ1v) is 16.3. The van der Waals surface area contributed by atoms with Crippen LogP contribution in [0.3, 0.4) is 0 Å². The van der Waals surface area contributed by atoms with E-state index in [4.69, 9.17) is 9.47 Å². The smallest absolute Gasteiger partial charge is 0.408 e. The molecule has 254 valence electrons. The molecule has 5 atom stereocenters. The van der Waals surface area contributed by atoms with Crippen LogP contribution in [0.15, 0.2) is 49.2 Å². The van der Waals surface area contributed by atoms with Crippen molar-refractivity contribution in [3.8, 4) is 5.75 Å². The van der Waals surface area contributed by atoms with E-state index in [1.165, 1.54) is 29.7 Å². The van der Waals surface area contributed by atoms with Crippen LogP contribution in [0.25, 0.3) is 10.9 Å². The van der Waals surface area contributed by atoms with Crippen molar-refractivity contribution in [1.82, 2.24) is 25.8 Å². The first kappa shape index (κ1) is 35.5. The molecule has 0 bridgehead atoms. The molecule has 0 radical (unpaired) electrons. The number of nitrogens with one attached hydrogen (secondary N) is 3. The van der Waals surface area contributed by atoms with Crippen molar-refractivity contribution in [3.63, 3.8) is 0 Å². The van der Waals surface area contributed by atoms with Gasteiger partial charge in [-0.3, -0.25) is 19.4 Å². The third kappa shape index (κ3) is 8.34. The number of likely N-dealkylation sites (tertiary alicyclic amines) is 1. The number of nitrogens with zero attached hydrogens (tertiary/aromatic N) is 2. The lowest BCUT2D eigenvalue weighted by Crippen LogP contribution is -2.61. The molecule has 1 saturated carbocycles. The molecule has 4 amide bonds. The number of carbonyl (C=O) groups is 5. The Morgan fingerprint density at radius 3 is 2.49 bits per heavy atom. The number of carbonyl (C=O) groups excluding carboxylic acids is 4. The summed E-state index contributed by atoms with van der Waals surface area (Å²) < 4.78 is 10.8. The minimum absolute atomic E-state index is 0.0303. The van der Waals surface area contributed by atoms with Crippen LogP contribution in [0.5, 0.6) is 5.75 Å². The largest absolute Gasteiger partial charge is 0.488 e. The molecule has 13 nitrogen and oxygen atoms in total. The van der Waals surface area contributed by atoms with E-state index in [0.717, 1.165) is 5.39 Å². The predicted molar refractivity (Wildman–Crippen MR) is 177 cm³/mol. The fraction of sp³-hybridized carbons (Fsp3) is 0.515. The first-order chi connectivity index (χ1) is 22.0. The Bertz CT molecular complexity index is 1550. The maximum atomic E-state index is 14.5. The third-order valence-corrected chi connectivity index (χ3v) is 9.42. The van der Waals surface area contributed by atoms with Gasteiger partial charge in [-0.2, -0.15) is 0 Å². The number of fused-ring (bicyclic) bond motifs is 1. The van der Waals surface area contributed by atoms with Crippen LogP contribution in [0, 0.1) is 5.92 Å². The van der Waals surface area contributed by atoms with Gasteiger partial charge in [0.15, 0.2) is 0 Å². The van der Waals surface area contributed by atoms with Crippen LogP contribution in [0.2, 0.25) is 0 Å². The molecule has 1 unspecified atom stereocenters. The molecule has 2 fully saturated rings. The number of ether oxygens (including phenoxy) is 2. The number of hydrogen-bond acceptors (Lipinski definition) is 9. The van der Waals surface area contributed by atoms with Crippen molar-refractivity contribution in [2.75, 3.05) is 12.4 Å². The minimum atomic E-state index is -1.52. The van der Waals surface area contributed by atoms with Crippen LogP contribution in [-0.2, 0) is 23.9 Å². The van der Waals surface area contributed by atoms with Crippen molar-refractivity contribution in [2.45, 2.75) is 88.5 Å². The maximum Gasteiger partial charge on any atom is 0.408 e. The van der Waals surface area contributed by atoms with Gasteiger partial charge in [0.05, 0.1) is 17.9 Å². The lowest BCUT2D eigenvalue weighted by molar-refractivity contribution is -0.145. The van der Waals surface area contributed by atoms with Gasteiger partial charge in [0.2, 0.25) is 17.7 Å². The highest BCUT2D eigenvalue weighted by atomic mass is 32.2. The molecule has 1 saturated heterocycles. The van der Waals surface area contributed by atoms with E-state index in [2.05, 4.69) is 27.5 Å². The van der Waals surface area contributed by atoms with E-state index in [9.17, 15) is 29.1 Å². The number of alkyl carbamates (subject to hydrolysis) is 1. The van der Waals surface area contributed by atoms with E-state index >= 15 is 0 Å². The van der Waals surface area contributed by atoms with Crippen LogP contribution in [-0.4, -0.2) is 91.3 Å². The van der Waals surface area contributed by atoms with Crippen LogP contribution >= 0.6 is 11.8 Å². The van der Waals surface area contributed by atoms with Gasteiger partial charge in [0.1, 0.15) is 35.1 Å². The number of para-hydroxylation sites is 1. The molecule has 1 aliphatic heterocycles. The Hall–Kier alpha value is -4.33. The number of aliphatic carboxylic acids is 1. The average Bonchev–Trinajstić information content (AvgIpc) is 3.54. The van der Waals surface area contributed by atoms with Gasteiger partial charge in [-0.25, -0.2) is 9.59 Å². The highest BCUT2D eigenvalue weighted by Crippen LogP contribution is 2.45. The summed E-state index contributed by atoms with van der Waals surface area (Å²) in [5, 5.41) is 18.8. The second-order valence-corrected chi connectivity index (χ2v) is 15.0. The van der Waals surface area contributed by atoms with E-state index in [-0.39, 0.29) is 31.2 Å². The van der Waals surface area contributed by atoms with Gasteiger partial charge in [0.25, 0.3) is 0 Å². The highest BCUT2D eigenvalue weighted by Gasteiger charge is 2.61. The second kappa shape index (κ2) is 13.8. The number of rotatable bonds is 12. The molecule has 2 aliphatic rings. The Morgan fingerprint density at radius 2 is 1.87 bits per heavy atom. The molecule has 47 heavy (non-hydrogen) atoms. The standard InChI is InChI=1S/C33H43N5O8S/c1-8-20-16-33(20,29(42)43)37-27(40)24-15-21(45-25-13-14-34-23-12-10-9-11-22(23)25)17-38(24)28(41)26(36-30(44)46-31(3,4)5)32(6,7)47-18-35-19(2)39/h8-14,20-21,24,26H,1,15-18H2,2-7H3,(H,35,39)(H,36,44)(H,37,40)(H,42,43)/t20-,21+,24-,26+,33?/m0/s1. The fourth-order valence-corrected chi connectivity index (χ4v) is 6.55. The summed E-state index contributed by atoms with van der Waals surface area (Å²) in [6, 6.07) is 6.76. The van der Waals surface area contributed by atoms with Crippen LogP contribution < -0.4 is 20.7 Å². The van der Waals surface area contributed by atoms with Gasteiger partial charge in [-0.1, -0.05) is 18.2 Å². The summed E-state index contributed by atoms with van der Waals surface area (Å²) in [6.45, 7) is 13.6. The summed E-state index contributed by atoms with van der Waals surface area (Å²) in [5.41, 5.74) is -1.67. The lowest BCUT2D eigenvalue weighted by Gasteiger charge is -2.37. The molecule has 14 heteroatoms. The summed E-state index contributed by atoms with van der Waals surface area (Å²) in [4.78, 5) is 70.9. The molecule has 4 rings (SSSR count). The zero-order valence-electron chi connectivity index (χ0n) is 27.5. The number of carboxylic acids is 1. The Morgan fingerprint density at radius 1 is 1.17 bits per heavy atom. The molecule has 1 aliphatic carbocycles. The van der Waals surface area contributed by atoms with Crippen molar-refractivity contribution in [1.29, 1.82) is 0 Å². The zero-order chi connectivity index (χ0) is 34.7. The van der Waals surface area contributed by atoms with Gasteiger partial charge in [0, 0.05) is 35.6 Å². The van der Waals surface area contributed by atoms with Gasteiger partial charge < -0.3 is 35.4 Å². The highest BCUT2D eigenvalue weighted by molar-refractivity contribution is 8.00. The predicted octanol–water partition coefficient (Wildman–Crippen LogP) is 3.23. The van der Waals surface area contributed by atoms with E-state index in [1.807, 2.05) is 24.3 Å². The molecule has 2 heterocycles. The number of thioether (sulfide) groups is 1. The number of carboxylic acid groups (broad SMARTS) is 1. The third-order valence-electron chi connectivity index (χ3n) is 8.15. The molecular formula is C33H43N5O8S. The van der Waals surface area contributed by atoms with E-state index in [1.54, 1.807) is 46.9 Å². The van der Waals surface area contributed by atoms with Crippen molar-refractivity contribution < 1.29 is 38.6 Å². The first-order valence-electron chi connectivity index (χ1n) is 15.3. The summed E-state index contributed by atoms with van der Waals surface area (Å²) >= 11 is 1.23. The Labute approximate surface area is 278 Å². The van der Waals surface area contributed by atoms with Crippen LogP contribution in [0.1, 0.15) is 54.4 Å². The second-order valence-electron chi connectivity index (χ2n) is 13.3. The Balaban J connectivity index is 1.67. The van der Waals surface area contributed by atoms with Gasteiger partial charge in [-0.05, 0) is 59.2 Å². The van der Waals surface area contributed by atoms with E-state index < -0.39 is 63.9 Å². The van der Waals surface area contributed by atoms with Crippen molar-refractivity contribution in [3.05, 3.63) is 49.2 Å². The van der Waals surface area contributed by atoms with Crippen molar-refractivity contribution in [2.24, 2.45) is 5.92 Å². The van der Waals surface area contributed by atoms with Gasteiger partial charge in [-0.15, -0.1) is 18.3 Å². The fourth-order valence-electron chi connectivity index (χ4n) is 5.58. The molecule has 2 aromatic rings. The number of pyridine rings is 1. The minimum Gasteiger partial charge on any atom is -0.488 e. The maximum absolute atomic E-state index is 14.5. The van der Waals surface area contributed by atoms with E-state index in [0.29, 0.717) is 11.3 Å². The lowest BCUT2D eigenvalue weighted by atomic mass is 10.0. The number of aromatic nitrogens is 1. The number of benzene rings is 1.